The van der Waals surface area contributed by atoms with Gasteiger partial charge in [-0.3, -0.25) is 0 Å². The highest BCUT2D eigenvalue weighted by Crippen LogP contribution is 2.30. The van der Waals surface area contributed by atoms with E-state index in [1.807, 2.05) is 42.6 Å². The number of halogens is 1. The fraction of sp³-hybridized carbons (Fsp3) is 0.143. The topological polar surface area (TPSA) is 56.7 Å². The monoisotopic (exact) mass is 304 g/mol. The van der Waals surface area contributed by atoms with Gasteiger partial charge in [-0.1, -0.05) is 28.9 Å². The molecule has 20 heavy (non-hydrogen) atoms. The lowest BCUT2D eigenvalue weighted by Gasteiger charge is -2.07. The Hall–Kier alpha value is -1.69. The van der Waals surface area contributed by atoms with Gasteiger partial charge in [0.05, 0.1) is 10.6 Å². The summed E-state index contributed by atoms with van der Waals surface area (Å²) in [6, 6.07) is 9.88. The van der Waals surface area contributed by atoms with Crippen LogP contribution in [0.5, 0.6) is 0 Å². The first kappa shape index (κ1) is 13.3. The van der Waals surface area contributed by atoms with Crippen LogP contribution < -0.4 is 5.73 Å². The van der Waals surface area contributed by atoms with Gasteiger partial charge in [-0.15, -0.1) is 16.4 Å². The molecule has 0 bridgehead atoms. The van der Waals surface area contributed by atoms with Gasteiger partial charge in [-0.05, 0) is 36.1 Å². The van der Waals surface area contributed by atoms with Crippen LogP contribution in [0.15, 0.2) is 35.7 Å². The molecule has 0 atom stereocenters. The molecule has 0 spiro atoms. The summed E-state index contributed by atoms with van der Waals surface area (Å²) in [7, 11) is 0. The van der Waals surface area contributed by atoms with Crippen LogP contribution >= 0.6 is 22.9 Å². The second-order valence-electron chi connectivity index (χ2n) is 4.41. The van der Waals surface area contributed by atoms with Crippen LogP contribution in [-0.4, -0.2) is 15.0 Å². The molecule has 0 aliphatic rings. The van der Waals surface area contributed by atoms with Gasteiger partial charge in [0.15, 0.2) is 0 Å². The van der Waals surface area contributed by atoms with Crippen LogP contribution in [0.1, 0.15) is 11.3 Å². The van der Waals surface area contributed by atoms with Crippen molar-refractivity contribution < 1.29 is 0 Å². The molecular formula is C14H13ClN4S. The van der Waals surface area contributed by atoms with Crippen molar-refractivity contribution in [2.24, 2.45) is 5.73 Å². The van der Waals surface area contributed by atoms with Crippen molar-refractivity contribution in [1.82, 2.24) is 15.0 Å². The zero-order chi connectivity index (χ0) is 14.1. The van der Waals surface area contributed by atoms with E-state index >= 15 is 0 Å². The predicted molar refractivity (Wildman–Crippen MR) is 82.3 cm³/mol. The summed E-state index contributed by atoms with van der Waals surface area (Å²) in [6.07, 6.45) is 0. The lowest BCUT2D eigenvalue weighted by molar-refractivity contribution is 0.800. The van der Waals surface area contributed by atoms with Crippen molar-refractivity contribution >= 4 is 22.9 Å². The summed E-state index contributed by atoms with van der Waals surface area (Å²) in [5, 5.41) is 11.1. The van der Waals surface area contributed by atoms with E-state index in [4.69, 9.17) is 17.3 Å². The molecule has 2 N–H and O–H groups in total. The van der Waals surface area contributed by atoms with Crippen molar-refractivity contribution in [2.45, 2.75) is 13.5 Å². The molecule has 102 valence electrons. The summed E-state index contributed by atoms with van der Waals surface area (Å²) >= 11 is 7.84. The van der Waals surface area contributed by atoms with E-state index in [9.17, 15) is 0 Å². The van der Waals surface area contributed by atoms with Crippen molar-refractivity contribution in [3.8, 4) is 16.3 Å². The molecule has 0 saturated heterocycles. The lowest BCUT2D eigenvalue weighted by Crippen LogP contribution is -2.02. The number of nitrogens with two attached hydrogens (primary N) is 1. The van der Waals surface area contributed by atoms with Crippen molar-refractivity contribution in [3.63, 3.8) is 0 Å². The number of hydrogen-bond acceptors (Lipinski definition) is 4. The molecule has 0 unspecified atom stereocenters. The third kappa shape index (κ3) is 2.24. The molecule has 1 aromatic carbocycles. The number of aryl methyl sites for hydroxylation is 1. The summed E-state index contributed by atoms with van der Waals surface area (Å²) in [4.78, 5) is 1.09. The second-order valence-corrected chi connectivity index (χ2v) is 5.77. The first-order valence-corrected chi connectivity index (χ1v) is 7.41. The molecule has 0 fully saturated rings. The van der Waals surface area contributed by atoms with Gasteiger partial charge in [0.25, 0.3) is 0 Å². The minimum atomic E-state index is 0.354. The van der Waals surface area contributed by atoms with Gasteiger partial charge in [0.1, 0.15) is 11.4 Å². The fourth-order valence-corrected chi connectivity index (χ4v) is 2.96. The lowest BCUT2D eigenvalue weighted by atomic mass is 10.2. The molecule has 2 heterocycles. The van der Waals surface area contributed by atoms with E-state index in [2.05, 4.69) is 10.3 Å². The minimum absolute atomic E-state index is 0.354. The normalized spacial score (nSPS) is 10.9. The van der Waals surface area contributed by atoms with Crippen molar-refractivity contribution in [1.29, 1.82) is 0 Å². The van der Waals surface area contributed by atoms with Gasteiger partial charge < -0.3 is 5.73 Å². The quantitative estimate of drug-likeness (QED) is 0.806. The summed E-state index contributed by atoms with van der Waals surface area (Å²) in [6.45, 7) is 2.33. The zero-order valence-electron chi connectivity index (χ0n) is 10.9. The molecule has 4 nitrogen and oxygen atoms in total. The summed E-state index contributed by atoms with van der Waals surface area (Å²) < 4.78 is 1.79. The number of nitrogens with zero attached hydrogens (tertiary/aromatic N) is 3. The van der Waals surface area contributed by atoms with Crippen molar-refractivity contribution in [2.75, 3.05) is 0 Å². The highest BCUT2D eigenvalue weighted by Gasteiger charge is 2.16. The van der Waals surface area contributed by atoms with Crippen LogP contribution in [0, 0.1) is 6.92 Å². The second kappa shape index (κ2) is 5.36. The van der Waals surface area contributed by atoms with E-state index in [0.717, 1.165) is 27.5 Å². The molecule has 0 aliphatic carbocycles. The molecule has 3 rings (SSSR count). The Labute approximate surface area is 125 Å². The Kier molecular flexibility index (Phi) is 3.56. The standard InChI is InChI=1S/C14H13ClN4S/c1-9-4-5-10(7-11(9)15)19-14(12(8-16)17-18-19)13-3-2-6-20-13/h2-7H,8,16H2,1H3. The molecular weight excluding hydrogens is 292 g/mol. The Morgan fingerprint density at radius 1 is 1.35 bits per heavy atom. The third-order valence-corrected chi connectivity index (χ3v) is 4.37. The van der Waals surface area contributed by atoms with E-state index in [0.29, 0.717) is 11.6 Å². The average molecular weight is 305 g/mol. The first-order chi connectivity index (χ1) is 9.70. The van der Waals surface area contributed by atoms with Gasteiger partial charge >= 0.3 is 0 Å². The average Bonchev–Trinajstić information content (AvgIpc) is 3.09. The maximum absolute atomic E-state index is 6.20. The summed E-state index contributed by atoms with van der Waals surface area (Å²) in [5.74, 6) is 0. The molecule has 3 aromatic rings. The fourth-order valence-electron chi connectivity index (χ4n) is 2.00. The summed E-state index contributed by atoms with van der Waals surface area (Å²) in [5.41, 5.74) is 9.40. The smallest absolute Gasteiger partial charge is 0.109 e. The highest BCUT2D eigenvalue weighted by molar-refractivity contribution is 7.13. The zero-order valence-corrected chi connectivity index (χ0v) is 12.4. The van der Waals surface area contributed by atoms with Crippen LogP contribution in [-0.2, 0) is 6.54 Å². The number of benzene rings is 1. The highest BCUT2D eigenvalue weighted by atomic mass is 35.5. The maximum atomic E-state index is 6.20. The van der Waals surface area contributed by atoms with E-state index < -0.39 is 0 Å². The molecule has 0 amide bonds. The molecule has 0 saturated carbocycles. The molecule has 2 aromatic heterocycles. The van der Waals surface area contributed by atoms with E-state index in [1.54, 1.807) is 16.0 Å². The Morgan fingerprint density at radius 3 is 2.85 bits per heavy atom. The largest absolute Gasteiger partial charge is 0.325 e. The number of thiophene rings is 1. The van der Waals surface area contributed by atoms with Gasteiger partial charge in [-0.2, -0.15) is 0 Å². The van der Waals surface area contributed by atoms with Crippen molar-refractivity contribution in [3.05, 3.63) is 52.0 Å². The minimum Gasteiger partial charge on any atom is -0.325 e. The SMILES string of the molecule is Cc1ccc(-n2nnc(CN)c2-c2cccs2)cc1Cl. The van der Waals surface area contributed by atoms with Crippen LogP contribution in [0.3, 0.4) is 0 Å². The molecule has 6 heteroatoms. The Balaban J connectivity index is 2.19. The molecule has 0 radical (unpaired) electrons. The third-order valence-electron chi connectivity index (χ3n) is 3.09. The van der Waals surface area contributed by atoms with Gasteiger partial charge in [0.2, 0.25) is 0 Å². The Bertz CT molecular complexity index is 734. The number of rotatable bonds is 3. The molecule has 0 aliphatic heterocycles. The number of aromatic nitrogens is 3. The number of hydrogen-bond donors (Lipinski definition) is 1. The van der Waals surface area contributed by atoms with E-state index in [1.165, 1.54) is 0 Å². The predicted octanol–water partition coefficient (Wildman–Crippen LogP) is 3.42. The van der Waals surface area contributed by atoms with Gasteiger partial charge in [0, 0.05) is 11.6 Å². The van der Waals surface area contributed by atoms with Crippen LogP contribution in [0.4, 0.5) is 0 Å². The van der Waals surface area contributed by atoms with E-state index in [-0.39, 0.29) is 0 Å². The van der Waals surface area contributed by atoms with Crippen LogP contribution in [0.25, 0.3) is 16.3 Å². The van der Waals surface area contributed by atoms with Crippen LogP contribution in [0.2, 0.25) is 5.02 Å². The maximum Gasteiger partial charge on any atom is 0.109 e. The first-order valence-electron chi connectivity index (χ1n) is 6.15. The van der Waals surface area contributed by atoms with Gasteiger partial charge in [-0.25, -0.2) is 4.68 Å². The Morgan fingerprint density at radius 2 is 2.20 bits per heavy atom.